The first-order chi connectivity index (χ1) is 7.56. The molecule has 0 aliphatic carbocycles. The first kappa shape index (κ1) is 11.4. The number of ether oxygens (including phenoxy) is 1. The van der Waals surface area contributed by atoms with Crippen molar-refractivity contribution in [3.63, 3.8) is 0 Å². The van der Waals surface area contributed by atoms with Crippen molar-refractivity contribution < 1.29 is 19.1 Å². The Morgan fingerprint density at radius 2 is 2.31 bits per heavy atom. The van der Waals surface area contributed by atoms with Crippen LogP contribution in [0, 0.1) is 5.92 Å². The molecule has 88 valence electrons. The lowest BCUT2D eigenvalue weighted by Gasteiger charge is -2.42. The minimum atomic E-state index is -0.380. The molecule has 0 saturated carbocycles. The van der Waals surface area contributed by atoms with E-state index in [0.29, 0.717) is 0 Å². The SMILES string of the molecule is CC(=O)OCC1C(=O)N2C(C=O)[C@@H](C)S[C@@H]12. The smallest absolute Gasteiger partial charge is 0.302 e. The number of nitrogens with zero attached hydrogens (tertiary/aromatic N) is 1. The van der Waals surface area contributed by atoms with Crippen LogP contribution in [-0.4, -0.2) is 46.3 Å². The largest absolute Gasteiger partial charge is 0.465 e. The van der Waals surface area contributed by atoms with Crippen molar-refractivity contribution in [2.45, 2.75) is 30.5 Å². The molecule has 5 nitrogen and oxygen atoms in total. The minimum Gasteiger partial charge on any atom is -0.465 e. The molecule has 0 aromatic rings. The number of amides is 1. The summed E-state index contributed by atoms with van der Waals surface area (Å²) >= 11 is 1.59. The highest BCUT2D eigenvalue weighted by molar-refractivity contribution is 8.01. The van der Waals surface area contributed by atoms with E-state index in [2.05, 4.69) is 0 Å². The third-order valence-electron chi connectivity index (χ3n) is 2.95. The van der Waals surface area contributed by atoms with E-state index in [0.717, 1.165) is 6.29 Å². The van der Waals surface area contributed by atoms with E-state index in [9.17, 15) is 14.4 Å². The van der Waals surface area contributed by atoms with Crippen LogP contribution in [0.25, 0.3) is 0 Å². The molecule has 1 amide bonds. The number of hydrogen-bond donors (Lipinski definition) is 0. The van der Waals surface area contributed by atoms with E-state index in [1.54, 1.807) is 16.7 Å². The molecular formula is C10H13NO4S. The zero-order chi connectivity index (χ0) is 11.9. The monoisotopic (exact) mass is 243 g/mol. The van der Waals surface area contributed by atoms with Crippen molar-refractivity contribution in [2.75, 3.05) is 6.61 Å². The Hall–Kier alpha value is -1.04. The molecule has 2 saturated heterocycles. The van der Waals surface area contributed by atoms with Crippen molar-refractivity contribution >= 4 is 29.9 Å². The van der Waals surface area contributed by atoms with Gasteiger partial charge in [-0.25, -0.2) is 0 Å². The summed E-state index contributed by atoms with van der Waals surface area (Å²) in [6.45, 7) is 3.37. The van der Waals surface area contributed by atoms with Crippen LogP contribution in [0.15, 0.2) is 0 Å². The molecule has 2 heterocycles. The fourth-order valence-corrected chi connectivity index (χ4v) is 3.65. The molecule has 2 aliphatic rings. The molecule has 0 spiro atoms. The minimum absolute atomic E-state index is 0.00273. The molecule has 0 N–H and O–H groups in total. The van der Waals surface area contributed by atoms with Gasteiger partial charge in [-0.15, -0.1) is 11.8 Å². The van der Waals surface area contributed by atoms with E-state index >= 15 is 0 Å². The van der Waals surface area contributed by atoms with Crippen molar-refractivity contribution in [3.8, 4) is 0 Å². The van der Waals surface area contributed by atoms with Crippen molar-refractivity contribution in [1.82, 2.24) is 4.90 Å². The number of carbonyl (C=O) groups excluding carboxylic acids is 3. The predicted octanol–water partition coefficient (Wildman–Crippen LogP) is 0.0368. The highest BCUT2D eigenvalue weighted by Gasteiger charge is 2.57. The molecule has 4 atom stereocenters. The summed E-state index contributed by atoms with van der Waals surface area (Å²) in [5, 5.41) is 0.117. The van der Waals surface area contributed by atoms with Crippen molar-refractivity contribution in [2.24, 2.45) is 5.92 Å². The van der Waals surface area contributed by atoms with E-state index in [4.69, 9.17) is 4.74 Å². The Morgan fingerprint density at radius 3 is 2.88 bits per heavy atom. The number of aldehydes is 1. The summed E-state index contributed by atoms with van der Waals surface area (Å²) < 4.78 is 4.84. The third-order valence-corrected chi connectivity index (χ3v) is 4.49. The number of thioether (sulfide) groups is 1. The van der Waals surface area contributed by atoms with E-state index in [1.165, 1.54) is 6.92 Å². The van der Waals surface area contributed by atoms with Gasteiger partial charge in [0.2, 0.25) is 5.91 Å². The number of esters is 1. The Balaban J connectivity index is 2.00. The second-order valence-electron chi connectivity index (χ2n) is 4.01. The van der Waals surface area contributed by atoms with Gasteiger partial charge in [-0.05, 0) is 0 Å². The van der Waals surface area contributed by atoms with Gasteiger partial charge in [0, 0.05) is 12.2 Å². The number of hydrogen-bond acceptors (Lipinski definition) is 5. The van der Waals surface area contributed by atoms with Crippen LogP contribution in [0.4, 0.5) is 0 Å². The lowest BCUT2D eigenvalue weighted by molar-refractivity contribution is -0.161. The summed E-state index contributed by atoms with van der Waals surface area (Å²) in [5.74, 6) is -0.740. The van der Waals surface area contributed by atoms with Crippen LogP contribution in [0.1, 0.15) is 13.8 Å². The first-order valence-electron chi connectivity index (χ1n) is 5.12. The molecule has 0 aromatic heterocycles. The molecular weight excluding hydrogens is 230 g/mol. The van der Waals surface area contributed by atoms with Gasteiger partial charge in [0.25, 0.3) is 0 Å². The lowest BCUT2D eigenvalue weighted by Crippen LogP contribution is -2.61. The maximum atomic E-state index is 11.7. The molecule has 0 radical (unpaired) electrons. The molecule has 0 aromatic carbocycles. The summed E-state index contributed by atoms with van der Waals surface area (Å²) in [6.07, 6.45) is 0.817. The molecule has 16 heavy (non-hydrogen) atoms. The van der Waals surface area contributed by atoms with Gasteiger partial charge >= 0.3 is 5.97 Å². The first-order valence-corrected chi connectivity index (χ1v) is 6.07. The topological polar surface area (TPSA) is 63.7 Å². The fraction of sp³-hybridized carbons (Fsp3) is 0.700. The lowest BCUT2D eigenvalue weighted by atomic mass is 9.96. The van der Waals surface area contributed by atoms with Gasteiger partial charge in [-0.3, -0.25) is 9.59 Å². The molecule has 6 heteroatoms. The number of β-lactam (4-membered cyclic amide) rings is 1. The van der Waals surface area contributed by atoms with Crippen molar-refractivity contribution in [3.05, 3.63) is 0 Å². The van der Waals surface area contributed by atoms with Gasteiger partial charge < -0.3 is 14.4 Å². The van der Waals surface area contributed by atoms with Gasteiger partial charge in [-0.2, -0.15) is 0 Å². The maximum absolute atomic E-state index is 11.7. The third kappa shape index (κ3) is 1.61. The van der Waals surface area contributed by atoms with Crippen LogP contribution < -0.4 is 0 Å². The number of rotatable bonds is 3. The van der Waals surface area contributed by atoms with Gasteiger partial charge in [0.1, 0.15) is 24.9 Å². The average Bonchev–Trinajstić information content (AvgIpc) is 2.51. The molecule has 2 unspecified atom stereocenters. The van der Waals surface area contributed by atoms with E-state index in [1.807, 2.05) is 6.92 Å². The Morgan fingerprint density at radius 1 is 1.62 bits per heavy atom. The second kappa shape index (κ2) is 4.08. The predicted molar refractivity (Wildman–Crippen MR) is 57.7 cm³/mol. The zero-order valence-electron chi connectivity index (χ0n) is 9.08. The summed E-state index contributed by atoms with van der Waals surface area (Å²) in [4.78, 5) is 34.8. The van der Waals surface area contributed by atoms with E-state index in [-0.39, 0.29) is 41.1 Å². The van der Waals surface area contributed by atoms with E-state index < -0.39 is 0 Å². The Kier molecular flexibility index (Phi) is 2.92. The van der Waals surface area contributed by atoms with Crippen LogP contribution in [0.3, 0.4) is 0 Å². The van der Waals surface area contributed by atoms with Gasteiger partial charge in [-0.1, -0.05) is 6.92 Å². The summed E-state index contributed by atoms with van der Waals surface area (Å²) in [5.41, 5.74) is 0. The quantitative estimate of drug-likeness (QED) is 0.398. The van der Waals surface area contributed by atoms with Crippen LogP contribution in [0.5, 0.6) is 0 Å². The van der Waals surface area contributed by atoms with Crippen LogP contribution >= 0.6 is 11.8 Å². The maximum Gasteiger partial charge on any atom is 0.302 e. The molecule has 2 rings (SSSR count). The Bertz CT molecular complexity index is 346. The van der Waals surface area contributed by atoms with Crippen LogP contribution in [0.2, 0.25) is 0 Å². The summed E-state index contributed by atoms with van der Waals surface area (Å²) in [7, 11) is 0. The highest BCUT2D eigenvalue weighted by atomic mass is 32.2. The van der Waals surface area contributed by atoms with Crippen LogP contribution in [-0.2, 0) is 19.1 Å². The van der Waals surface area contributed by atoms with Gasteiger partial charge in [0.15, 0.2) is 0 Å². The average molecular weight is 243 g/mol. The number of carbonyl (C=O) groups is 3. The Labute approximate surface area is 97.5 Å². The second-order valence-corrected chi connectivity index (χ2v) is 5.51. The standard InChI is InChI=1S/C10H13NO4S/c1-5-8(3-12)11-9(14)7(10(11)16-5)4-15-6(2)13/h3,5,7-8,10H,4H2,1-2H3/t5-,7?,8?,10+/m1/s1. The number of fused-ring (bicyclic) bond motifs is 1. The van der Waals surface area contributed by atoms with Crippen molar-refractivity contribution in [1.29, 1.82) is 0 Å². The fourth-order valence-electron chi connectivity index (χ4n) is 2.09. The zero-order valence-corrected chi connectivity index (χ0v) is 9.90. The molecule has 2 aliphatic heterocycles. The van der Waals surface area contributed by atoms with Gasteiger partial charge in [0.05, 0.1) is 5.37 Å². The highest BCUT2D eigenvalue weighted by Crippen LogP contribution is 2.46. The molecule has 0 bridgehead atoms. The normalized spacial score (nSPS) is 36.6. The summed E-state index contributed by atoms with van der Waals surface area (Å²) in [6, 6.07) is -0.323. The molecule has 2 fully saturated rings.